The largest absolute Gasteiger partial charge is 0.497 e. The van der Waals surface area contributed by atoms with Crippen molar-refractivity contribution in [3.63, 3.8) is 0 Å². The van der Waals surface area contributed by atoms with Crippen molar-refractivity contribution in [3.05, 3.63) is 59.8 Å². The van der Waals surface area contributed by atoms with E-state index in [-0.39, 0.29) is 11.3 Å². The highest BCUT2D eigenvalue weighted by Crippen LogP contribution is 2.41. The van der Waals surface area contributed by atoms with Gasteiger partial charge in [0.25, 0.3) is 0 Å². The van der Waals surface area contributed by atoms with E-state index in [1.807, 2.05) is 0 Å². The van der Waals surface area contributed by atoms with Crippen LogP contribution in [0.15, 0.2) is 48.5 Å². The van der Waals surface area contributed by atoms with Crippen molar-refractivity contribution in [2.75, 3.05) is 12.8 Å². The number of nitrogens with two attached hydrogens (primary N) is 1. The van der Waals surface area contributed by atoms with E-state index >= 15 is 0 Å². The van der Waals surface area contributed by atoms with E-state index in [1.165, 1.54) is 37.4 Å². The zero-order chi connectivity index (χ0) is 20.7. The van der Waals surface area contributed by atoms with Gasteiger partial charge in [0.05, 0.1) is 23.9 Å². The zero-order valence-corrected chi connectivity index (χ0v) is 14.3. The van der Waals surface area contributed by atoms with Crippen LogP contribution in [0.4, 0.5) is 32.2 Å². The molecule has 0 atom stereocenters. The molecule has 0 aliphatic heterocycles. The van der Waals surface area contributed by atoms with Crippen LogP contribution >= 0.6 is 0 Å². The topological polar surface area (TPSA) is 53.1 Å². The number of nitrogens with zero attached hydrogens (tertiary/aromatic N) is 2. The van der Waals surface area contributed by atoms with Gasteiger partial charge >= 0.3 is 12.4 Å². The van der Waals surface area contributed by atoms with Crippen molar-refractivity contribution in [2.45, 2.75) is 12.4 Å². The number of anilines is 1. The van der Waals surface area contributed by atoms with Crippen molar-refractivity contribution in [2.24, 2.45) is 0 Å². The first-order chi connectivity index (χ1) is 13.0. The number of rotatable bonds is 3. The third kappa shape index (κ3) is 3.62. The number of ether oxygens (including phenoxy) is 1. The fourth-order valence-electron chi connectivity index (χ4n) is 2.68. The van der Waals surface area contributed by atoms with Crippen LogP contribution in [0.25, 0.3) is 16.8 Å². The molecule has 1 heterocycles. The molecule has 0 saturated heterocycles. The Hall–Kier alpha value is -3.17. The minimum Gasteiger partial charge on any atom is -0.497 e. The Morgan fingerprint density at radius 1 is 0.929 bits per heavy atom. The van der Waals surface area contributed by atoms with Crippen molar-refractivity contribution in [1.82, 2.24) is 9.78 Å². The number of methoxy groups -OCH3 is 1. The van der Waals surface area contributed by atoms with Crippen LogP contribution in [-0.2, 0) is 12.4 Å². The summed E-state index contributed by atoms with van der Waals surface area (Å²) >= 11 is 0. The van der Waals surface area contributed by atoms with E-state index in [9.17, 15) is 26.3 Å². The number of hydrogen-bond donors (Lipinski definition) is 1. The maximum absolute atomic E-state index is 13.5. The summed E-state index contributed by atoms with van der Waals surface area (Å²) in [7, 11) is 1.40. The van der Waals surface area contributed by atoms with Gasteiger partial charge in [-0.05, 0) is 35.9 Å². The SMILES string of the molecule is COc1ccc(-c2c(C(F)(F)F)nn(-c3cccc(C(F)(F)F)c3)c2N)cc1. The minimum atomic E-state index is -4.86. The van der Waals surface area contributed by atoms with Crippen LogP contribution in [0.3, 0.4) is 0 Å². The monoisotopic (exact) mass is 401 g/mol. The molecule has 3 rings (SSSR count). The Bertz CT molecular complexity index is 990. The van der Waals surface area contributed by atoms with Gasteiger partial charge < -0.3 is 10.5 Å². The first-order valence-electron chi connectivity index (χ1n) is 7.80. The lowest BCUT2D eigenvalue weighted by atomic mass is 10.0. The molecule has 0 bridgehead atoms. The molecule has 0 aliphatic rings. The second-order valence-corrected chi connectivity index (χ2v) is 5.79. The van der Waals surface area contributed by atoms with Crippen molar-refractivity contribution in [3.8, 4) is 22.6 Å². The van der Waals surface area contributed by atoms with E-state index < -0.39 is 35.0 Å². The van der Waals surface area contributed by atoms with Crippen molar-refractivity contribution >= 4 is 5.82 Å². The quantitative estimate of drug-likeness (QED) is 0.617. The van der Waals surface area contributed by atoms with Crippen LogP contribution < -0.4 is 10.5 Å². The molecule has 3 aromatic rings. The zero-order valence-electron chi connectivity index (χ0n) is 14.3. The van der Waals surface area contributed by atoms with Crippen LogP contribution in [0, 0.1) is 0 Å². The lowest BCUT2D eigenvalue weighted by Crippen LogP contribution is -2.09. The fourth-order valence-corrected chi connectivity index (χ4v) is 2.68. The summed E-state index contributed by atoms with van der Waals surface area (Å²) in [4.78, 5) is 0. The van der Waals surface area contributed by atoms with Gasteiger partial charge in [-0.2, -0.15) is 31.4 Å². The van der Waals surface area contributed by atoms with Gasteiger partial charge in [-0.25, -0.2) is 4.68 Å². The van der Waals surface area contributed by atoms with Crippen molar-refractivity contribution < 1.29 is 31.1 Å². The van der Waals surface area contributed by atoms with Crippen LogP contribution in [0.5, 0.6) is 5.75 Å². The summed E-state index contributed by atoms with van der Waals surface area (Å²) in [6.07, 6.45) is -9.53. The normalized spacial score (nSPS) is 12.2. The van der Waals surface area contributed by atoms with Crippen LogP contribution in [-0.4, -0.2) is 16.9 Å². The van der Waals surface area contributed by atoms with Crippen LogP contribution in [0.1, 0.15) is 11.3 Å². The minimum absolute atomic E-state index is 0.101. The standard InChI is InChI=1S/C18H13F6N3O/c1-28-13-7-5-10(6-8-13)14-15(18(22,23)24)26-27(16(14)25)12-4-2-3-11(9-12)17(19,20)21/h2-9H,25H2,1H3. The molecular formula is C18H13F6N3O. The molecule has 2 aromatic carbocycles. The maximum Gasteiger partial charge on any atom is 0.435 e. The summed E-state index contributed by atoms with van der Waals surface area (Å²) in [6.45, 7) is 0. The van der Waals surface area contributed by atoms with E-state index in [2.05, 4.69) is 5.10 Å². The highest BCUT2D eigenvalue weighted by Gasteiger charge is 2.40. The third-order valence-corrected chi connectivity index (χ3v) is 3.99. The molecule has 0 fully saturated rings. The molecule has 2 N–H and O–H groups in total. The lowest BCUT2D eigenvalue weighted by Gasteiger charge is -2.10. The molecule has 10 heteroatoms. The van der Waals surface area contributed by atoms with E-state index in [0.717, 1.165) is 12.1 Å². The molecule has 148 valence electrons. The van der Waals surface area contributed by atoms with E-state index in [4.69, 9.17) is 10.5 Å². The second-order valence-electron chi connectivity index (χ2n) is 5.79. The average molecular weight is 401 g/mol. The molecule has 0 amide bonds. The van der Waals surface area contributed by atoms with Crippen LogP contribution in [0.2, 0.25) is 0 Å². The number of benzene rings is 2. The lowest BCUT2D eigenvalue weighted by molar-refractivity contribution is -0.141. The first kappa shape index (κ1) is 19.6. The van der Waals surface area contributed by atoms with Gasteiger partial charge in [-0.1, -0.05) is 18.2 Å². The summed E-state index contributed by atoms with van der Waals surface area (Å²) in [5, 5.41) is 3.46. The Morgan fingerprint density at radius 2 is 1.57 bits per heavy atom. The predicted molar refractivity (Wildman–Crippen MR) is 90.0 cm³/mol. The maximum atomic E-state index is 13.5. The Balaban J connectivity index is 2.21. The highest BCUT2D eigenvalue weighted by molar-refractivity contribution is 5.78. The van der Waals surface area contributed by atoms with E-state index in [1.54, 1.807) is 0 Å². The average Bonchev–Trinajstić information content (AvgIpc) is 2.99. The second kappa shape index (κ2) is 6.77. The number of alkyl halides is 6. The molecule has 0 aliphatic carbocycles. The molecule has 28 heavy (non-hydrogen) atoms. The fraction of sp³-hybridized carbons (Fsp3) is 0.167. The van der Waals surface area contributed by atoms with Gasteiger partial charge in [0.1, 0.15) is 11.6 Å². The number of halogens is 6. The third-order valence-electron chi connectivity index (χ3n) is 3.99. The van der Waals surface area contributed by atoms with Gasteiger partial charge in [-0.15, -0.1) is 0 Å². The number of aromatic nitrogens is 2. The summed E-state index contributed by atoms with van der Waals surface area (Å²) in [6, 6.07) is 9.35. The molecule has 0 saturated carbocycles. The Labute approximate surface area is 155 Å². The Kier molecular flexibility index (Phi) is 4.74. The molecule has 0 radical (unpaired) electrons. The molecule has 1 aromatic heterocycles. The molecule has 0 spiro atoms. The van der Waals surface area contributed by atoms with E-state index in [0.29, 0.717) is 16.5 Å². The molecular weight excluding hydrogens is 388 g/mol. The van der Waals surface area contributed by atoms with Gasteiger partial charge in [-0.3, -0.25) is 0 Å². The summed E-state index contributed by atoms with van der Waals surface area (Å²) in [5.41, 5.74) is 2.99. The van der Waals surface area contributed by atoms with Gasteiger partial charge in [0, 0.05) is 0 Å². The smallest absolute Gasteiger partial charge is 0.435 e. The number of hydrogen-bond acceptors (Lipinski definition) is 3. The Morgan fingerprint density at radius 3 is 2.11 bits per heavy atom. The molecule has 4 nitrogen and oxygen atoms in total. The number of nitrogen functional groups attached to an aromatic ring is 1. The van der Waals surface area contributed by atoms with Gasteiger partial charge in [0.2, 0.25) is 0 Å². The molecule has 0 unspecified atom stereocenters. The van der Waals surface area contributed by atoms with Gasteiger partial charge in [0.15, 0.2) is 5.69 Å². The predicted octanol–water partition coefficient (Wildman–Crippen LogP) is 5.17. The highest BCUT2D eigenvalue weighted by atomic mass is 19.4. The summed E-state index contributed by atoms with van der Waals surface area (Å²) in [5.74, 6) is -0.0158. The first-order valence-corrected chi connectivity index (χ1v) is 7.80. The van der Waals surface area contributed by atoms with Crippen molar-refractivity contribution in [1.29, 1.82) is 0 Å². The summed E-state index contributed by atoms with van der Waals surface area (Å²) < 4.78 is 85.0.